The fourth-order valence-corrected chi connectivity index (χ4v) is 2.77. The first-order valence-corrected chi connectivity index (χ1v) is 9.07. The third kappa shape index (κ3) is 5.65. The van der Waals surface area contributed by atoms with Gasteiger partial charge >= 0.3 is 6.18 Å². The minimum atomic E-state index is -4.52. The van der Waals surface area contributed by atoms with E-state index in [4.69, 9.17) is 0 Å². The van der Waals surface area contributed by atoms with Crippen LogP contribution in [0.1, 0.15) is 31.8 Å². The lowest BCUT2D eigenvalue weighted by Gasteiger charge is -2.10. The number of hydrogen-bond acceptors (Lipinski definition) is 3. The maximum absolute atomic E-state index is 12.9. The van der Waals surface area contributed by atoms with Crippen LogP contribution >= 0.6 is 0 Å². The topological polar surface area (TPSA) is 68.2 Å². The molecule has 0 aliphatic carbocycles. The van der Waals surface area contributed by atoms with E-state index >= 15 is 0 Å². The van der Waals surface area contributed by atoms with E-state index in [-0.39, 0.29) is 17.7 Å². The lowest BCUT2D eigenvalue weighted by molar-refractivity contribution is -0.137. The molecule has 31 heavy (non-hydrogen) atoms. The highest BCUT2D eigenvalue weighted by molar-refractivity contribution is 5.96. The molecule has 160 valence electrons. The van der Waals surface area contributed by atoms with E-state index in [9.17, 15) is 31.9 Å². The van der Waals surface area contributed by atoms with E-state index in [1.54, 1.807) is 0 Å². The average Bonchev–Trinajstić information content (AvgIpc) is 2.74. The van der Waals surface area contributed by atoms with Crippen LogP contribution in [0.15, 0.2) is 71.7 Å². The molecule has 1 N–H and O–H groups in total. The Bertz CT molecular complexity index is 1150. The zero-order chi connectivity index (χ0) is 22.6. The third-order valence-electron chi connectivity index (χ3n) is 4.46. The molecule has 3 aromatic rings. The molecule has 2 aromatic carbocycles. The number of pyridine rings is 1. The minimum Gasteiger partial charge on any atom is -0.348 e. The Morgan fingerprint density at radius 1 is 0.871 bits per heavy atom. The smallest absolute Gasteiger partial charge is 0.348 e. The molecule has 0 atom stereocenters. The molecule has 0 aliphatic heterocycles. The lowest BCUT2D eigenvalue weighted by Crippen LogP contribution is -2.28. The Labute approximate surface area is 173 Å². The number of carbonyl (C=O) groups is 2. The molecule has 0 saturated heterocycles. The first-order valence-electron chi connectivity index (χ1n) is 9.07. The number of aromatic nitrogens is 1. The summed E-state index contributed by atoms with van der Waals surface area (Å²) in [4.78, 5) is 36.8. The van der Waals surface area contributed by atoms with Crippen LogP contribution in [0.3, 0.4) is 0 Å². The molecule has 0 saturated carbocycles. The predicted octanol–water partition coefficient (Wildman–Crippen LogP) is 3.82. The number of ketones is 1. The van der Waals surface area contributed by atoms with Gasteiger partial charge in [0.25, 0.3) is 11.5 Å². The van der Waals surface area contributed by atoms with E-state index in [1.807, 2.05) is 0 Å². The molecule has 5 nitrogen and oxygen atoms in total. The molecule has 1 amide bonds. The second-order valence-electron chi connectivity index (χ2n) is 6.69. The molecule has 0 fully saturated rings. The second-order valence-corrected chi connectivity index (χ2v) is 6.69. The fraction of sp³-hybridized carbons (Fsp3) is 0.136. The van der Waals surface area contributed by atoms with Crippen LogP contribution in [0.4, 0.5) is 17.6 Å². The number of halogens is 4. The van der Waals surface area contributed by atoms with Crippen molar-refractivity contribution in [1.82, 2.24) is 9.88 Å². The number of benzene rings is 2. The summed E-state index contributed by atoms with van der Waals surface area (Å²) in [6.07, 6.45) is -3.32. The number of rotatable bonds is 6. The average molecular weight is 432 g/mol. The number of nitrogens with zero attached hydrogens (tertiary/aromatic N) is 1. The molecule has 0 aliphatic rings. The number of hydrogen-bond donors (Lipinski definition) is 1. The van der Waals surface area contributed by atoms with E-state index in [1.165, 1.54) is 36.5 Å². The van der Waals surface area contributed by atoms with Crippen LogP contribution in [0.2, 0.25) is 0 Å². The SMILES string of the molecule is O=C(Cn1cc(C(=O)NCc2ccc(F)cc2)ccc1=O)c1ccc(C(F)(F)F)cc1. The van der Waals surface area contributed by atoms with Gasteiger partial charge in [-0.1, -0.05) is 24.3 Å². The Hall–Kier alpha value is -3.75. The van der Waals surface area contributed by atoms with Gasteiger partial charge < -0.3 is 9.88 Å². The van der Waals surface area contributed by atoms with Crippen LogP contribution in [0.25, 0.3) is 0 Å². The van der Waals surface area contributed by atoms with Gasteiger partial charge in [-0.05, 0) is 35.9 Å². The molecule has 9 heteroatoms. The summed E-state index contributed by atoms with van der Waals surface area (Å²) in [5.74, 6) is -1.50. The quantitative estimate of drug-likeness (QED) is 0.476. The molecule has 0 spiro atoms. The fourth-order valence-electron chi connectivity index (χ4n) is 2.77. The van der Waals surface area contributed by atoms with Crippen LogP contribution in [-0.2, 0) is 19.3 Å². The van der Waals surface area contributed by atoms with Gasteiger partial charge in [0, 0.05) is 24.4 Å². The number of amides is 1. The van der Waals surface area contributed by atoms with Crippen molar-refractivity contribution in [2.75, 3.05) is 0 Å². The zero-order valence-electron chi connectivity index (χ0n) is 15.9. The van der Waals surface area contributed by atoms with E-state index in [2.05, 4.69) is 5.32 Å². The van der Waals surface area contributed by atoms with Crippen LogP contribution < -0.4 is 10.9 Å². The van der Waals surface area contributed by atoms with Gasteiger partial charge in [0.05, 0.1) is 17.7 Å². The molecule has 1 heterocycles. The summed E-state index contributed by atoms with van der Waals surface area (Å²) >= 11 is 0. The van der Waals surface area contributed by atoms with E-state index in [0.717, 1.165) is 34.9 Å². The minimum absolute atomic E-state index is 0.00562. The summed E-state index contributed by atoms with van der Waals surface area (Å²) in [7, 11) is 0. The second kappa shape index (κ2) is 8.95. The largest absolute Gasteiger partial charge is 0.416 e. The maximum atomic E-state index is 12.9. The molecule has 0 unspecified atom stereocenters. The van der Waals surface area contributed by atoms with E-state index in [0.29, 0.717) is 5.56 Å². The van der Waals surface area contributed by atoms with Crippen molar-refractivity contribution in [3.8, 4) is 0 Å². The van der Waals surface area contributed by atoms with Crippen LogP contribution in [0.5, 0.6) is 0 Å². The normalized spacial score (nSPS) is 11.2. The first-order chi connectivity index (χ1) is 14.6. The summed E-state index contributed by atoms with van der Waals surface area (Å²) in [6, 6.07) is 11.6. The molecule has 0 bridgehead atoms. The Morgan fingerprint density at radius 3 is 2.10 bits per heavy atom. The van der Waals surface area contributed by atoms with Gasteiger partial charge in [-0.2, -0.15) is 13.2 Å². The summed E-state index contributed by atoms with van der Waals surface area (Å²) in [5, 5.41) is 2.62. The van der Waals surface area contributed by atoms with Crippen LogP contribution in [0, 0.1) is 5.82 Å². The van der Waals surface area contributed by atoms with Gasteiger partial charge in [0.15, 0.2) is 5.78 Å². The van der Waals surface area contributed by atoms with E-state index < -0.39 is 41.4 Å². The van der Waals surface area contributed by atoms with Crippen molar-refractivity contribution in [3.05, 3.63) is 105 Å². The molecular weight excluding hydrogens is 416 g/mol. The van der Waals surface area contributed by atoms with Gasteiger partial charge in [-0.3, -0.25) is 14.4 Å². The monoisotopic (exact) mass is 432 g/mol. The zero-order valence-corrected chi connectivity index (χ0v) is 15.9. The highest BCUT2D eigenvalue weighted by Crippen LogP contribution is 2.29. The molecule has 1 aromatic heterocycles. The lowest BCUT2D eigenvalue weighted by atomic mass is 10.1. The number of Topliss-reactive ketones (excluding diaryl/α,β-unsaturated/α-hetero) is 1. The van der Waals surface area contributed by atoms with Crippen molar-refractivity contribution in [1.29, 1.82) is 0 Å². The van der Waals surface area contributed by atoms with Gasteiger partial charge in [0.2, 0.25) is 0 Å². The van der Waals surface area contributed by atoms with Crippen molar-refractivity contribution in [2.24, 2.45) is 0 Å². The van der Waals surface area contributed by atoms with Crippen molar-refractivity contribution >= 4 is 11.7 Å². The Balaban J connectivity index is 1.70. The third-order valence-corrected chi connectivity index (χ3v) is 4.46. The predicted molar refractivity (Wildman–Crippen MR) is 104 cm³/mol. The van der Waals surface area contributed by atoms with Gasteiger partial charge in [0.1, 0.15) is 5.82 Å². The Morgan fingerprint density at radius 2 is 1.48 bits per heavy atom. The first kappa shape index (κ1) is 21.9. The number of nitrogens with one attached hydrogen (secondary N) is 1. The van der Waals surface area contributed by atoms with Gasteiger partial charge in [-0.15, -0.1) is 0 Å². The maximum Gasteiger partial charge on any atom is 0.416 e. The summed E-state index contributed by atoms with van der Waals surface area (Å²) in [5.41, 5.74) is -0.648. The van der Waals surface area contributed by atoms with Crippen molar-refractivity contribution in [2.45, 2.75) is 19.3 Å². The molecular formula is C22H16F4N2O3. The molecule has 3 rings (SSSR count). The highest BCUT2D eigenvalue weighted by Gasteiger charge is 2.30. The van der Waals surface area contributed by atoms with Crippen molar-refractivity contribution in [3.63, 3.8) is 0 Å². The number of carbonyl (C=O) groups excluding carboxylic acids is 2. The highest BCUT2D eigenvalue weighted by atomic mass is 19.4. The van der Waals surface area contributed by atoms with Gasteiger partial charge in [-0.25, -0.2) is 4.39 Å². The summed E-state index contributed by atoms with van der Waals surface area (Å²) in [6.45, 7) is -0.313. The molecule has 0 radical (unpaired) electrons. The number of alkyl halides is 3. The Kier molecular flexibility index (Phi) is 6.33. The van der Waals surface area contributed by atoms with Crippen molar-refractivity contribution < 1.29 is 27.2 Å². The van der Waals surface area contributed by atoms with Crippen LogP contribution in [-0.4, -0.2) is 16.3 Å². The standard InChI is InChI=1S/C22H16F4N2O3/c23-18-8-1-14(2-9-18)11-27-21(31)16-5-10-20(30)28(12-16)13-19(29)15-3-6-17(7-4-15)22(24,25)26/h1-10,12H,11,13H2,(H,27,31). The summed E-state index contributed by atoms with van der Waals surface area (Å²) < 4.78 is 51.9.